The molecule has 1 N–H and O–H groups in total. The lowest BCUT2D eigenvalue weighted by molar-refractivity contribution is -0.384. The Hall–Kier alpha value is -3.02. The molecule has 0 saturated heterocycles. The van der Waals surface area contributed by atoms with Crippen LogP contribution < -0.4 is 5.56 Å². The molecule has 20 heavy (non-hydrogen) atoms. The molecule has 0 aliphatic rings. The average Bonchev–Trinajstić information content (AvgIpc) is 2.48. The Morgan fingerprint density at radius 1 is 1.05 bits per heavy atom. The molecule has 0 spiro atoms. The van der Waals surface area contributed by atoms with Crippen molar-refractivity contribution in [3.63, 3.8) is 0 Å². The minimum atomic E-state index is -0.461. The maximum Gasteiger partial charge on any atom is 0.272 e. The van der Waals surface area contributed by atoms with E-state index in [9.17, 15) is 14.9 Å². The van der Waals surface area contributed by atoms with E-state index >= 15 is 0 Å². The average molecular weight is 267 g/mol. The van der Waals surface area contributed by atoms with E-state index in [1.807, 2.05) is 0 Å². The smallest absolute Gasteiger partial charge is 0.267 e. The number of aromatic amines is 1. The van der Waals surface area contributed by atoms with Gasteiger partial charge in [0.05, 0.1) is 16.0 Å². The number of benzene rings is 2. The number of nitro benzene ring substituents is 1. The molecule has 0 aliphatic carbocycles. The predicted octanol–water partition coefficient (Wildman–Crippen LogP) is 2.50. The third kappa shape index (κ3) is 1.93. The van der Waals surface area contributed by atoms with Gasteiger partial charge < -0.3 is 0 Å². The summed E-state index contributed by atoms with van der Waals surface area (Å²) in [5, 5.41) is 18.4. The standard InChI is InChI=1S/C14H9N3O3/c18-14-12-7-2-1-6-11(12)13(15-16-14)9-4-3-5-10(8-9)17(19)20/h1-8H,(H,16,18). The minimum Gasteiger partial charge on any atom is -0.267 e. The van der Waals surface area contributed by atoms with Crippen molar-refractivity contribution in [3.8, 4) is 11.3 Å². The number of hydrogen-bond donors (Lipinski definition) is 1. The third-order valence-corrected chi connectivity index (χ3v) is 3.03. The van der Waals surface area contributed by atoms with Gasteiger partial charge in [0.2, 0.25) is 0 Å². The van der Waals surface area contributed by atoms with Crippen LogP contribution in [0.15, 0.2) is 53.3 Å². The van der Waals surface area contributed by atoms with Crippen molar-refractivity contribution in [1.29, 1.82) is 0 Å². The third-order valence-electron chi connectivity index (χ3n) is 3.03. The SMILES string of the molecule is O=c1[nH]nc(-c2cccc([N+](=O)[O-])c2)c2ccccc12. The fourth-order valence-corrected chi connectivity index (χ4v) is 2.10. The number of aromatic nitrogens is 2. The normalized spacial score (nSPS) is 10.6. The molecular weight excluding hydrogens is 258 g/mol. The Morgan fingerprint density at radius 2 is 1.80 bits per heavy atom. The number of non-ortho nitro benzene ring substituents is 1. The molecule has 0 saturated carbocycles. The van der Waals surface area contributed by atoms with Crippen LogP contribution in [0.5, 0.6) is 0 Å². The van der Waals surface area contributed by atoms with Crippen molar-refractivity contribution < 1.29 is 4.92 Å². The van der Waals surface area contributed by atoms with Crippen LogP contribution in [-0.2, 0) is 0 Å². The molecule has 2 aromatic carbocycles. The first-order valence-electron chi connectivity index (χ1n) is 5.89. The van der Waals surface area contributed by atoms with Crippen LogP contribution in [0.4, 0.5) is 5.69 Å². The summed E-state index contributed by atoms with van der Waals surface area (Å²) in [5.41, 5.74) is 0.810. The second-order valence-electron chi connectivity index (χ2n) is 4.25. The molecule has 0 unspecified atom stereocenters. The van der Waals surface area contributed by atoms with Gasteiger partial charge in [0, 0.05) is 23.1 Å². The van der Waals surface area contributed by atoms with Crippen LogP contribution in [-0.4, -0.2) is 15.1 Å². The summed E-state index contributed by atoms with van der Waals surface area (Å²) in [5.74, 6) is 0. The number of nitrogens with zero attached hydrogens (tertiary/aromatic N) is 2. The van der Waals surface area contributed by atoms with Gasteiger partial charge in [-0.15, -0.1) is 0 Å². The number of hydrogen-bond acceptors (Lipinski definition) is 4. The molecule has 0 bridgehead atoms. The first-order chi connectivity index (χ1) is 9.66. The first-order valence-corrected chi connectivity index (χ1v) is 5.89. The summed E-state index contributed by atoms with van der Waals surface area (Å²) in [6.07, 6.45) is 0. The predicted molar refractivity (Wildman–Crippen MR) is 74.5 cm³/mol. The molecule has 3 rings (SSSR count). The van der Waals surface area contributed by atoms with E-state index in [0.717, 1.165) is 0 Å². The molecule has 0 radical (unpaired) electrons. The minimum absolute atomic E-state index is 0.0143. The van der Waals surface area contributed by atoms with E-state index in [1.165, 1.54) is 12.1 Å². The highest BCUT2D eigenvalue weighted by molar-refractivity contribution is 5.93. The number of rotatable bonds is 2. The summed E-state index contributed by atoms with van der Waals surface area (Å²) in [4.78, 5) is 22.1. The van der Waals surface area contributed by atoms with E-state index in [0.29, 0.717) is 22.0 Å². The zero-order valence-electron chi connectivity index (χ0n) is 10.2. The first kappa shape index (κ1) is 12.0. The fourth-order valence-electron chi connectivity index (χ4n) is 2.10. The van der Waals surface area contributed by atoms with Crippen LogP contribution in [0.3, 0.4) is 0 Å². The van der Waals surface area contributed by atoms with E-state index < -0.39 is 4.92 Å². The summed E-state index contributed by atoms with van der Waals surface area (Å²) in [6.45, 7) is 0. The summed E-state index contributed by atoms with van der Waals surface area (Å²) in [7, 11) is 0. The van der Waals surface area contributed by atoms with Crippen LogP contribution in [0.25, 0.3) is 22.0 Å². The molecule has 98 valence electrons. The monoisotopic (exact) mass is 267 g/mol. The highest BCUT2D eigenvalue weighted by Crippen LogP contribution is 2.26. The van der Waals surface area contributed by atoms with Gasteiger partial charge in [0.1, 0.15) is 0 Å². The van der Waals surface area contributed by atoms with Crippen molar-refractivity contribution in [2.24, 2.45) is 0 Å². The lowest BCUT2D eigenvalue weighted by Gasteiger charge is -2.04. The highest BCUT2D eigenvalue weighted by atomic mass is 16.6. The van der Waals surface area contributed by atoms with E-state index in [-0.39, 0.29) is 11.2 Å². The van der Waals surface area contributed by atoms with Crippen molar-refractivity contribution >= 4 is 16.5 Å². The second-order valence-corrected chi connectivity index (χ2v) is 4.25. The lowest BCUT2D eigenvalue weighted by Crippen LogP contribution is -2.09. The van der Waals surface area contributed by atoms with E-state index in [4.69, 9.17) is 0 Å². The van der Waals surface area contributed by atoms with Gasteiger partial charge in [0.15, 0.2) is 0 Å². The van der Waals surface area contributed by atoms with Gasteiger partial charge in [-0.2, -0.15) is 5.10 Å². The molecule has 6 heteroatoms. The molecule has 1 aromatic heterocycles. The van der Waals surface area contributed by atoms with Crippen molar-refractivity contribution in [2.75, 3.05) is 0 Å². The molecule has 6 nitrogen and oxygen atoms in total. The maximum absolute atomic E-state index is 11.7. The van der Waals surface area contributed by atoms with Crippen LogP contribution >= 0.6 is 0 Å². The topological polar surface area (TPSA) is 88.9 Å². The Bertz CT molecular complexity index is 871. The number of nitrogens with one attached hydrogen (secondary N) is 1. The lowest BCUT2D eigenvalue weighted by atomic mass is 10.0. The zero-order chi connectivity index (χ0) is 14.1. The number of fused-ring (bicyclic) bond motifs is 1. The van der Waals surface area contributed by atoms with Crippen molar-refractivity contribution in [1.82, 2.24) is 10.2 Å². The van der Waals surface area contributed by atoms with Crippen LogP contribution in [0, 0.1) is 10.1 Å². The van der Waals surface area contributed by atoms with Gasteiger partial charge in [0.25, 0.3) is 11.2 Å². The summed E-state index contributed by atoms with van der Waals surface area (Å²) >= 11 is 0. The Kier molecular flexibility index (Phi) is 2.76. The Labute approximate surface area is 112 Å². The number of nitro groups is 1. The van der Waals surface area contributed by atoms with Gasteiger partial charge in [-0.3, -0.25) is 14.9 Å². The molecule has 1 heterocycles. The quantitative estimate of drug-likeness (QED) is 0.570. The number of H-pyrrole nitrogens is 1. The summed E-state index contributed by atoms with van der Waals surface area (Å²) < 4.78 is 0. The molecular formula is C14H9N3O3. The van der Waals surface area contributed by atoms with E-state index in [1.54, 1.807) is 36.4 Å². The fraction of sp³-hybridized carbons (Fsp3) is 0. The molecule has 0 atom stereocenters. The highest BCUT2D eigenvalue weighted by Gasteiger charge is 2.11. The van der Waals surface area contributed by atoms with Gasteiger partial charge in [-0.1, -0.05) is 30.3 Å². The van der Waals surface area contributed by atoms with Crippen LogP contribution in [0.1, 0.15) is 0 Å². The van der Waals surface area contributed by atoms with Crippen molar-refractivity contribution in [2.45, 2.75) is 0 Å². The van der Waals surface area contributed by atoms with E-state index in [2.05, 4.69) is 10.2 Å². The zero-order valence-corrected chi connectivity index (χ0v) is 10.2. The molecule has 0 fully saturated rings. The van der Waals surface area contributed by atoms with Crippen molar-refractivity contribution in [3.05, 3.63) is 69.0 Å². The largest absolute Gasteiger partial charge is 0.272 e. The van der Waals surface area contributed by atoms with Crippen LogP contribution in [0.2, 0.25) is 0 Å². The molecule has 0 amide bonds. The van der Waals surface area contributed by atoms with Gasteiger partial charge in [-0.25, -0.2) is 5.10 Å². The Morgan fingerprint density at radius 3 is 2.55 bits per heavy atom. The van der Waals surface area contributed by atoms with Gasteiger partial charge in [-0.05, 0) is 6.07 Å². The summed E-state index contributed by atoms with van der Waals surface area (Å²) in [6, 6.07) is 13.2. The molecule has 3 aromatic rings. The Balaban J connectivity index is 2.30. The molecule has 0 aliphatic heterocycles. The van der Waals surface area contributed by atoms with Gasteiger partial charge >= 0.3 is 0 Å². The second kappa shape index (κ2) is 4.58. The maximum atomic E-state index is 11.7.